The predicted molar refractivity (Wildman–Crippen MR) is 76.2 cm³/mol. The molecule has 0 aliphatic heterocycles. The van der Waals surface area contributed by atoms with Crippen molar-refractivity contribution in [2.45, 2.75) is 39.9 Å². The van der Waals surface area contributed by atoms with Crippen LogP contribution in [0, 0.1) is 0 Å². The molecule has 1 rings (SSSR count). The van der Waals surface area contributed by atoms with Crippen LogP contribution in [-0.2, 0) is 4.74 Å². The molecule has 0 saturated carbocycles. The van der Waals surface area contributed by atoms with Gasteiger partial charge in [0.15, 0.2) is 0 Å². The molecule has 0 fully saturated rings. The van der Waals surface area contributed by atoms with E-state index in [0.717, 1.165) is 18.0 Å². The molecule has 4 heteroatoms. The van der Waals surface area contributed by atoms with E-state index in [-0.39, 0.29) is 12.2 Å². The summed E-state index contributed by atoms with van der Waals surface area (Å²) < 4.78 is 11.1. The lowest BCUT2D eigenvalue weighted by molar-refractivity contribution is 0.0870. The Morgan fingerprint density at radius 1 is 1.17 bits per heavy atom. The summed E-state index contributed by atoms with van der Waals surface area (Å²) in [5.74, 6) is 0.722. The van der Waals surface area contributed by atoms with Crippen LogP contribution >= 0.6 is 0 Å². The van der Waals surface area contributed by atoms with E-state index in [0.29, 0.717) is 12.3 Å². The molecular weight excluding hydrogens is 228 g/mol. The minimum atomic E-state index is 0.117. The maximum Gasteiger partial charge on any atom is 0.144 e. The van der Waals surface area contributed by atoms with Gasteiger partial charge in [-0.15, -0.1) is 0 Å². The van der Waals surface area contributed by atoms with Gasteiger partial charge in [-0.25, -0.2) is 0 Å². The zero-order chi connectivity index (χ0) is 13.5. The van der Waals surface area contributed by atoms with Crippen LogP contribution in [0.2, 0.25) is 0 Å². The molecule has 0 aliphatic rings. The Kier molecular flexibility index (Phi) is 5.78. The normalized spacial score (nSPS) is 11.0. The van der Waals surface area contributed by atoms with Gasteiger partial charge >= 0.3 is 0 Å². The highest BCUT2D eigenvalue weighted by molar-refractivity contribution is 5.72. The third-order valence-electron chi connectivity index (χ3n) is 2.30. The van der Waals surface area contributed by atoms with Gasteiger partial charge in [-0.05, 0) is 39.8 Å². The van der Waals surface area contributed by atoms with E-state index in [2.05, 4.69) is 5.32 Å². The van der Waals surface area contributed by atoms with Gasteiger partial charge in [0.25, 0.3) is 0 Å². The molecule has 0 aliphatic carbocycles. The summed E-state index contributed by atoms with van der Waals surface area (Å²) in [4.78, 5) is 0. The van der Waals surface area contributed by atoms with Crippen molar-refractivity contribution in [3.63, 3.8) is 0 Å². The standard InChI is InChI=1S/C14H24N2O2/c1-10(2)17-9-8-16-12-6-5-7-13(14(12)15)18-11(3)4/h5-7,10-11,16H,8-9,15H2,1-4H3. The fourth-order valence-corrected chi connectivity index (χ4v) is 1.54. The van der Waals surface area contributed by atoms with Gasteiger partial charge in [0, 0.05) is 6.54 Å². The van der Waals surface area contributed by atoms with Crippen LogP contribution in [0.1, 0.15) is 27.7 Å². The van der Waals surface area contributed by atoms with E-state index in [1.807, 2.05) is 45.9 Å². The van der Waals surface area contributed by atoms with Crippen molar-refractivity contribution in [1.82, 2.24) is 0 Å². The Balaban J connectivity index is 2.55. The Morgan fingerprint density at radius 2 is 1.89 bits per heavy atom. The lowest BCUT2D eigenvalue weighted by Crippen LogP contribution is -2.14. The first-order valence-corrected chi connectivity index (χ1v) is 6.41. The predicted octanol–water partition coefficient (Wildman–Crippen LogP) is 2.89. The molecule has 0 amide bonds. The molecule has 1 aromatic rings. The molecule has 4 nitrogen and oxygen atoms in total. The third kappa shape index (κ3) is 4.84. The maximum absolute atomic E-state index is 6.05. The van der Waals surface area contributed by atoms with Crippen molar-refractivity contribution >= 4 is 11.4 Å². The van der Waals surface area contributed by atoms with Crippen LogP contribution in [0.4, 0.5) is 11.4 Å². The monoisotopic (exact) mass is 252 g/mol. The molecule has 3 N–H and O–H groups in total. The first-order valence-electron chi connectivity index (χ1n) is 6.41. The molecule has 0 spiro atoms. The number of benzene rings is 1. The van der Waals surface area contributed by atoms with E-state index in [9.17, 15) is 0 Å². The Morgan fingerprint density at radius 3 is 2.50 bits per heavy atom. The lowest BCUT2D eigenvalue weighted by atomic mass is 10.2. The lowest BCUT2D eigenvalue weighted by Gasteiger charge is -2.16. The van der Waals surface area contributed by atoms with Gasteiger partial charge in [0.2, 0.25) is 0 Å². The van der Waals surface area contributed by atoms with E-state index in [1.54, 1.807) is 0 Å². The number of nitrogens with two attached hydrogens (primary N) is 1. The number of hydrogen-bond donors (Lipinski definition) is 2. The van der Waals surface area contributed by atoms with Gasteiger partial charge in [-0.2, -0.15) is 0 Å². The number of anilines is 2. The fourth-order valence-electron chi connectivity index (χ4n) is 1.54. The summed E-state index contributed by atoms with van der Waals surface area (Å²) in [6.07, 6.45) is 0.367. The van der Waals surface area contributed by atoms with Crippen LogP contribution in [0.3, 0.4) is 0 Å². The Bertz CT molecular complexity index is 365. The van der Waals surface area contributed by atoms with Gasteiger partial charge in [-0.3, -0.25) is 0 Å². The van der Waals surface area contributed by atoms with E-state index in [1.165, 1.54) is 0 Å². The van der Waals surface area contributed by atoms with Crippen molar-refractivity contribution < 1.29 is 9.47 Å². The molecule has 0 atom stereocenters. The number of nitrogen functional groups attached to an aromatic ring is 1. The van der Waals surface area contributed by atoms with Gasteiger partial charge < -0.3 is 20.5 Å². The molecule has 0 unspecified atom stereocenters. The summed E-state index contributed by atoms with van der Waals surface area (Å²) >= 11 is 0. The highest BCUT2D eigenvalue weighted by Gasteiger charge is 2.07. The van der Waals surface area contributed by atoms with Crippen molar-refractivity contribution in [2.24, 2.45) is 0 Å². The van der Waals surface area contributed by atoms with Crippen molar-refractivity contribution in [3.8, 4) is 5.75 Å². The number of nitrogens with one attached hydrogen (secondary N) is 1. The molecule has 0 bridgehead atoms. The SMILES string of the molecule is CC(C)OCCNc1cccc(OC(C)C)c1N. The quantitative estimate of drug-likeness (QED) is 0.578. The van der Waals surface area contributed by atoms with E-state index in [4.69, 9.17) is 15.2 Å². The minimum absolute atomic E-state index is 0.117. The average molecular weight is 252 g/mol. The highest BCUT2D eigenvalue weighted by Crippen LogP contribution is 2.29. The molecule has 0 saturated heterocycles. The fraction of sp³-hybridized carbons (Fsp3) is 0.571. The Labute approximate surface area is 109 Å². The number of rotatable bonds is 7. The first-order chi connectivity index (χ1) is 8.50. The summed E-state index contributed by atoms with van der Waals surface area (Å²) in [7, 11) is 0. The second kappa shape index (κ2) is 7.11. The van der Waals surface area contributed by atoms with Crippen LogP contribution < -0.4 is 15.8 Å². The van der Waals surface area contributed by atoms with Gasteiger partial charge in [0.05, 0.1) is 30.2 Å². The number of ether oxygens (including phenoxy) is 2. The van der Waals surface area contributed by atoms with Crippen LogP contribution in [0.25, 0.3) is 0 Å². The molecule has 0 aromatic heterocycles. The Hall–Kier alpha value is -1.42. The molecule has 18 heavy (non-hydrogen) atoms. The number of hydrogen-bond acceptors (Lipinski definition) is 4. The maximum atomic E-state index is 6.05. The summed E-state index contributed by atoms with van der Waals surface area (Å²) in [5, 5.41) is 3.25. The smallest absolute Gasteiger partial charge is 0.144 e. The van der Waals surface area contributed by atoms with Crippen molar-refractivity contribution in [3.05, 3.63) is 18.2 Å². The summed E-state index contributed by atoms with van der Waals surface area (Å²) in [5.41, 5.74) is 7.58. The zero-order valence-corrected chi connectivity index (χ0v) is 11.7. The van der Waals surface area contributed by atoms with Gasteiger partial charge in [-0.1, -0.05) is 6.07 Å². The molecule has 0 radical (unpaired) electrons. The third-order valence-corrected chi connectivity index (χ3v) is 2.30. The average Bonchev–Trinajstić information content (AvgIpc) is 2.28. The highest BCUT2D eigenvalue weighted by atomic mass is 16.5. The van der Waals surface area contributed by atoms with Crippen LogP contribution in [0.5, 0.6) is 5.75 Å². The van der Waals surface area contributed by atoms with Crippen molar-refractivity contribution in [1.29, 1.82) is 0 Å². The topological polar surface area (TPSA) is 56.5 Å². The zero-order valence-electron chi connectivity index (χ0n) is 11.7. The number of para-hydroxylation sites is 1. The largest absolute Gasteiger partial charge is 0.489 e. The van der Waals surface area contributed by atoms with E-state index >= 15 is 0 Å². The molecule has 1 aromatic carbocycles. The van der Waals surface area contributed by atoms with Crippen LogP contribution in [0.15, 0.2) is 18.2 Å². The van der Waals surface area contributed by atoms with Crippen LogP contribution in [-0.4, -0.2) is 25.4 Å². The minimum Gasteiger partial charge on any atom is -0.489 e. The second-order valence-electron chi connectivity index (χ2n) is 4.73. The summed E-state index contributed by atoms with van der Waals surface area (Å²) in [6, 6.07) is 5.75. The van der Waals surface area contributed by atoms with Gasteiger partial charge in [0.1, 0.15) is 5.75 Å². The first kappa shape index (κ1) is 14.6. The molecule has 102 valence electrons. The molecule has 0 heterocycles. The molecular formula is C14H24N2O2. The summed E-state index contributed by atoms with van der Waals surface area (Å²) in [6.45, 7) is 9.39. The van der Waals surface area contributed by atoms with E-state index < -0.39 is 0 Å². The van der Waals surface area contributed by atoms with Crippen molar-refractivity contribution in [2.75, 3.05) is 24.2 Å². The second-order valence-corrected chi connectivity index (χ2v) is 4.73.